The van der Waals surface area contributed by atoms with Crippen LogP contribution in [0.5, 0.6) is 5.75 Å². The van der Waals surface area contributed by atoms with Crippen LogP contribution in [0.2, 0.25) is 0 Å². The second kappa shape index (κ2) is 11.1. The number of rotatable bonds is 8. The molecule has 0 radical (unpaired) electrons. The second-order valence-electron chi connectivity index (χ2n) is 7.88. The Bertz CT molecular complexity index is 1130. The van der Waals surface area contributed by atoms with Gasteiger partial charge >= 0.3 is 0 Å². The zero-order valence-electron chi connectivity index (χ0n) is 18.4. The van der Waals surface area contributed by atoms with E-state index in [9.17, 15) is 9.59 Å². The van der Waals surface area contributed by atoms with Crippen LogP contribution >= 0.6 is 0 Å². The molecule has 1 N–H and O–H groups in total. The van der Waals surface area contributed by atoms with E-state index < -0.39 is 0 Å². The Labute approximate surface area is 193 Å². The van der Waals surface area contributed by atoms with Crippen molar-refractivity contribution in [1.82, 2.24) is 5.43 Å². The van der Waals surface area contributed by atoms with Gasteiger partial charge < -0.3 is 9.64 Å². The molecule has 0 unspecified atom stereocenters. The molecule has 6 nitrogen and oxygen atoms in total. The topological polar surface area (TPSA) is 71.0 Å². The van der Waals surface area contributed by atoms with Crippen molar-refractivity contribution in [3.05, 3.63) is 95.6 Å². The SMILES string of the molecule is O=C(CCC(=O)N1CCCc2ccccc21)NN=Cc1ccccc1OCc1ccccc1. The lowest BCUT2D eigenvalue weighted by atomic mass is 10.0. The number of para-hydroxylation sites is 2. The molecule has 3 aromatic carbocycles. The van der Waals surface area contributed by atoms with Crippen molar-refractivity contribution in [2.24, 2.45) is 5.10 Å². The predicted molar refractivity (Wildman–Crippen MR) is 129 cm³/mol. The Balaban J connectivity index is 1.27. The van der Waals surface area contributed by atoms with Crippen molar-refractivity contribution < 1.29 is 14.3 Å². The van der Waals surface area contributed by atoms with Crippen LogP contribution in [-0.4, -0.2) is 24.6 Å². The highest BCUT2D eigenvalue weighted by Crippen LogP contribution is 2.27. The number of amides is 2. The summed E-state index contributed by atoms with van der Waals surface area (Å²) in [7, 11) is 0. The van der Waals surface area contributed by atoms with Crippen molar-refractivity contribution in [3.8, 4) is 5.75 Å². The summed E-state index contributed by atoms with van der Waals surface area (Å²) in [5.41, 5.74) is 6.48. The molecule has 33 heavy (non-hydrogen) atoms. The summed E-state index contributed by atoms with van der Waals surface area (Å²) in [5, 5.41) is 4.05. The molecule has 0 saturated carbocycles. The third kappa shape index (κ3) is 6.07. The van der Waals surface area contributed by atoms with Crippen molar-refractivity contribution in [1.29, 1.82) is 0 Å². The molecule has 1 aliphatic rings. The van der Waals surface area contributed by atoms with Gasteiger partial charge in [0, 0.05) is 30.6 Å². The fraction of sp³-hybridized carbons (Fsp3) is 0.222. The summed E-state index contributed by atoms with van der Waals surface area (Å²) in [6.07, 6.45) is 3.70. The second-order valence-corrected chi connectivity index (χ2v) is 7.88. The fourth-order valence-electron chi connectivity index (χ4n) is 3.83. The van der Waals surface area contributed by atoms with E-state index >= 15 is 0 Å². The summed E-state index contributed by atoms with van der Waals surface area (Å²) in [5.74, 6) is 0.340. The minimum absolute atomic E-state index is 0.0408. The highest BCUT2D eigenvalue weighted by molar-refractivity contribution is 5.96. The molecule has 0 aliphatic carbocycles. The first-order chi connectivity index (χ1) is 16.2. The van der Waals surface area contributed by atoms with Crippen LogP contribution in [0.15, 0.2) is 84.0 Å². The number of aryl methyl sites for hydroxylation is 1. The molecule has 1 heterocycles. The maximum Gasteiger partial charge on any atom is 0.240 e. The van der Waals surface area contributed by atoms with Gasteiger partial charge in [0.1, 0.15) is 12.4 Å². The van der Waals surface area contributed by atoms with Gasteiger partial charge in [-0.05, 0) is 42.2 Å². The Kier molecular flexibility index (Phi) is 7.48. The number of carbonyl (C=O) groups excluding carboxylic acids is 2. The van der Waals surface area contributed by atoms with Crippen LogP contribution in [0.3, 0.4) is 0 Å². The van der Waals surface area contributed by atoms with Crippen LogP contribution < -0.4 is 15.1 Å². The number of carbonyl (C=O) groups is 2. The summed E-state index contributed by atoms with van der Waals surface area (Å²) in [4.78, 5) is 26.7. The van der Waals surface area contributed by atoms with E-state index in [1.165, 1.54) is 5.56 Å². The lowest BCUT2D eigenvalue weighted by Gasteiger charge is -2.29. The summed E-state index contributed by atoms with van der Waals surface area (Å²) in [6.45, 7) is 1.13. The van der Waals surface area contributed by atoms with Gasteiger partial charge in [0.25, 0.3) is 0 Å². The quantitative estimate of drug-likeness (QED) is 0.414. The van der Waals surface area contributed by atoms with Crippen molar-refractivity contribution in [3.63, 3.8) is 0 Å². The van der Waals surface area contributed by atoms with E-state index in [2.05, 4.69) is 16.6 Å². The zero-order chi connectivity index (χ0) is 22.9. The number of hydrogen-bond donors (Lipinski definition) is 1. The van der Waals surface area contributed by atoms with Crippen molar-refractivity contribution >= 4 is 23.7 Å². The average Bonchev–Trinajstić information content (AvgIpc) is 2.87. The molecule has 0 bridgehead atoms. The van der Waals surface area contributed by atoms with Gasteiger partial charge in [0.15, 0.2) is 0 Å². The van der Waals surface area contributed by atoms with E-state index in [1.807, 2.05) is 72.8 Å². The van der Waals surface area contributed by atoms with E-state index in [1.54, 1.807) is 11.1 Å². The van der Waals surface area contributed by atoms with Crippen molar-refractivity contribution in [2.45, 2.75) is 32.3 Å². The number of hydrazone groups is 1. The molecule has 4 rings (SSSR count). The van der Waals surface area contributed by atoms with Gasteiger partial charge in [-0.15, -0.1) is 0 Å². The number of nitrogens with zero attached hydrogens (tertiary/aromatic N) is 2. The number of fused-ring (bicyclic) bond motifs is 1. The Morgan fingerprint density at radius 2 is 1.70 bits per heavy atom. The fourth-order valence-corrected chi connectivity index (χ4v) is 3.83. The lowest BCUT2D eigenvalue weighted by Crippen LogP contribution is -2.36. The molecule has 3 aromatic rings. The Morgan fingerprint density at radius 3 is 2.58 bits per heavy atom. The van der Waals surface area contributed by atoms with E-state index in [4.69, 9.17) is 4.74 Å². The van der Waals surface area contributed by atoms with Crippen LogP contribution in [0, 0.1) is 0 Å². The molecular formula is C27H27N3O3. The molecule has 0 atom stereocenters. The Morgan fingerprint density at radius 1 is 0.939 bits per heavy atom. The molecule has 2 amide bonds. The number of benzene rings is 3. The smallest absolute Gasteiger partial charge is 0.240 e. The molecule has 6 heteroatoms. The highest BCUT2D eigenvalue weighted by Gasteiger charge is 2.22. The number of hydrogen-bond acceptors (Lipinski definition) is 4. The molecule has 0 saturated heterocycles. The van der Waals surface area contributed by atoms with E-state index in [-0.39, 0.29) is 24.7 Å². The third-order valence-corrected chi connectivity index (χ3v) is 5.53. The maximum atomic E-state index is 12.7. The van der Waals surface area contributed by atoms with Crippen LogP contribution in [0.4, 0.5) is 5.69 Å². The molecule has 0 aromatic heterocycles. The van der Waals surface area contributed by atoms with Gasteiger partial charge in [-0.3, -0.25) is 9.59 Å². The minimum Gasteiger partial charge on any atom is -0.488 e. The van der Waals surface area contributed by atoms with Crippen LogP contribution in [0.25, 0.3) is 0 Å². The molecule has 168 valence electrons. The summed E-state index contributed by atoms with van der Waals surface area (Å²) < 4.78 is 5.90. The summed E-state index contributed by atoms with van der Waals surface area (Å²) >= 11 is 0. The van der Waals surface area contributed by atoms with Gasteiger partial charge in [0.2, 0.25) is 11.8 Å². The maximum absolute atomic E-state index is 12.7. The van der Waals surface area contributed by atoms with Crippen molar-refractivity contribution in [2.75, 3.05) is 11.4 Å². The monoisotopic (exact) mass is 441 g/mol. The summed E-state index contributed by atoms with van der Waals surface area (Å²) in [6, 6.07) is 25.4. The zero-order valence-corrected chi connectivity index (χ0v) is 18.4. The molecule has 1 aliphatic heterocycles. The first-order valence-corrected chi connectivity index (χ1v) is 11.2. The normalized spacial score (nSPS) is 12.9. The largest absolute Gasteiger partial charge is 0.488 e. The molecule has 0 spiro atoms. The average molecular weight is 442 g/mol. The van der Waals surface area contributed by atoms with Crippen LogP contribution in [0.1, 0.15) is 36.0 Å². The molecule has 0 fully saturated rings. The first-order valence-electron chi connectivity index (χ1n) is 11.2. The minimum atomic E-state index is -0.299. The lowest BCUT2D eigenvalue weighted by molar-refractivity contribution is -0.125. The predicted octanol–water partition coefficient (Wildman–Crippen LogP) is 4.48. The van der Waals surface area contributed by atoms with Gasteiger partial charge in [-0.2, -0.15) is 5.10 Å². The third-order valence-electron chi connectivity index (χ3n) is 5.53. The van der Waals surface area contributed by atoms with Gasteiger partial charge in [0.05, 0.1) is 6.21 Å². The Hall–Kier alpha value is -3.93. The number of nitrogens with one attached hydrogen (secondary N) is 1. The number of anilines is 1. The van der Waals surface area contributed by atoms with E-state index in [0.717, 1.165) is 29.7 Å². The highest BCUT2D eigenvalue weighted by atomic mass is 16.5. The van der Waals surface area contributed by atoms with Crippen LogP contribution in [-0.2, 0) is 22.6 Å². The first kappa shape index (κ1) is 22.3. The number of ether oxygens (including phenoxy) is 1. The van der Waals surface area contributed by atoms with Gasteiger partial charge in [-0.1, -0.05) is 60.7 Å². The van der Waals surface area contributed by atoms with Gasteiger partial charge in [-0.25, -0.2) is 5.43 Å². The van der Waals surface area contributed by atoms with E-state index in [0.29, 0.717) is 18.9 Å². The molecular weight excluding hydrogens is 414 g/mol. The standard InChI is InChI=1S/C27H27N3O3/c31-26(16-17-27(32)30-18-8-13-22-11-4-6-14-24(22)30)29-28-19-23-12-5-7-15-25(23)33-20-21-9-2-1-3-10-21/h1-7,9-12,14-15,19H,8,13,16-18,20H2,(H,29,31).